The van der Waals surface area contributed by atoms with E-state index in [1.54, 1.807) is 0 Å². The van der Waals surface area contributed by atoms with Crippen LogP contribution in [0.15, 0.2) is 282 Å². The smallest absolute Gasteiger partial charge is 0.159 e. The maximum atomic E-state index is 6.67. The molecular weight excluding hydrogens is 939 g/mol. The first-order valence-electron chi connectivity index (χ1n) is 26.2. The maximum Gasteiger partial charge on any atom is 0.159 e. The quantitative estimate of drug-likeness (QED) is 0.152. The van der Waals surface area contributed by atoms with Crippen molar-refractivity contribution < 1.29 is 8.83 Å². The highest BCUT2D eigenvalue weighted by atomic mass is 16.3. The molecule has 5 heteroatoms. The summed E-state index contributed by atoms with van der Waals surface area (Å²) in [5.74, 6) is 0. The highest BCUT2D eigenvalue weighted by molar-refractivity contribution is 6.15. The number of nitrogens with zero attached hydrogens (tertiary/aromatic N) is 3. The summed E-state index contributed by atoms with van der Waals surface area (Å²) < 4.78 is 18.1. The van der Waals surface area contributed by atoms with Crippen molar-refractivity contribution in [2.75, 3.05) is 4.90 Å². The highest BCUT2D eigenvalue weighted by Gasteiger charge is 2.24. The van der Waals surface area contributed by atoms with Crippen LogP contribution in [-0.4, -0.2) is 9.13 Å². The molecule has 0 saturated heterocycles. The van der Waals surface area contributed by atoms with Crippen molar-refractivity contribution in [3.8, 4) is 44.8 Å². The number of fused-ring (bicyclic) bond motifs is 12. The van der Waals surface area contributed by atoms with E-state index in [2.05, 4.69) is 263 Å². The predicted molar refractivity (Wildman–Crippen MR) is 321 cm³/mol. The second-order valence-corrected chi connectivity index (χ2v) is 20.0. The van der Waals surface area contributed by atoms with E-state index in [0.29, 0.717) is 0 Å². The summed E-state index contributed by atoms with van der Waals surface area (Å²) in [5.41, 5.74) is 20.3. The monoisotopic (exact) mass is 983 g/mol. The Hall–Kier alpha value is -10.4. The summed E-state index contributed by atoms with van der Waals surface area (Å²) in [6.45, 7) is 0. The molecule has 0 saturated carbocycles. The summed E-state index contributed by atoms with van der Waals surface area (Å²) in [4.78, 5) is 2.28. The van der Waals surface area contributed by atoms with Gasteiger partial charge in [0.1, 0.15) is 11.2 Å². The summed E-state index contributed by atoms with van der Waals surface area (Å²) in [7, 11) is 0. The normalized spacial score (nSPS) is 11.9. The molecule has 12 aromatic carbocycles. The summed E-state index contributed by atoms with van der Waals surface area (Å²) in [6, 6.07) is 98.1. The first-order chi connectivity index (χ1) is 38.2. The van der Waals surface area contributed by atoms with Gasteiger partial charge in [-0.05, 0) is 137 Å². The Morgan fingerprint density at radius 1 is 0.247 bits per heavy atom. The van der Waals surface area contributed by atoms with Crippen LogP contribution in [0, 0.1) is 0 Å². The Labute approximate surface area is 442 Å². The molecule has 0 radical (unpaired) electrons. The Kier molecular flexibility index (Phi) is 9.57. The molecule has 16 aromatic rings. The molecule has 0 fully saturated rings. The molecule has 0 amide bonds. The SMILES string of the molecule is c1ccc(-n2c3ccccc3c3cc(-c4ccc5c(c4)c4cc(-c6ccc(-c7ccc(N(c8cccc9c8oc8ccccc89)c8cccc9c8oc8ccccc89)cc7)cc6)ccc4n5-c4ccccc4)ccc32)cc1. The van der Waals surface area contributed by atoms with E-state index < -0.39 is 0 Å². The Morgan fingerprint density at radius 3 is 1.09 bits per heavy atom. The molecule has 5 nitrogen and oxygen atoms in total. The predicted octanol–water partition coefficient (Wildman–Crippen LogP) is 20.2. The molecule has 16 rings (SSSR count). The summed E-state index contributed by atoms with van der Waals surface area (Å²) in [6.07, 6.45) is 0. The number of hydrogen-bond donors (Lipinski definition) is 0. The fraction of sp³-hybridized carbons (Fsp3) is 0. The first kappa shape index (κ1) is 43.1. The fourth-order valence-corrected chi connectivity index (χ4v) is 12.1. The first-order valence-corrected chi connectivity index (χ1v) is 26.2. The topological polar surface area (TPSA) is 39.4 Å². The van der Waals surface area contributed by atoms with E-state index in [-0.39, 0.29) is 0 Å². The Balaban J connectivity index is 0.774. The Morgan fingerprint density at radius 2 is 0.597 bits per heavy atom. The van der Waals surface area contributed by atoms with Crippen LogP contribution in [-0.2, 0) is 0 Å². The lowest BCUT2D eigenvalue weighted by molar-refractivity contribution is 0.666. The average Bonchev–Trinajstić information content (AvgIpc) is 4.32. The summed E-state index contributed by atoms with van der Waals surface area (Å²) >= 11 is 0. The number of benzene rings is 12. The van der Waals surface area contributed by atoms with Crippen LogP contribution in [0.25, 0.3) is 132 Å². The van der Waals surface area contributed by atoms with Gasteiger partial charge in [0.15, 0.2) is 11.2 Å². The van der Waals surface area contributed by atoms with Gasteiger partial charge < -0.3 is 22.9 Å². The number of para-hydroxylation sites is 7. The summed E-state index contributed by atoms with van der Waals surface area (Å²) in [5, 5.41) is 9.24. The lowest BCUT2D eigenvalue weighted by Gasteiger charge is -2.25. The zero-order valence-electron chi connectivity index (χ0n) is 41.6. The second kappa shape index (κ2) is 17.1. The van der Waals surface area contributed by atoms with E-state index in [1.807, 2.05) is 24.3 Å². The van der Waals surface area contributed by atoms with E-state index in [4.69, 9.17) is 8.83 Å². The van der Waals surface area contributed by atoms with Crippen LogP contribution in [0.4, 0.5) is 17.1 Å². The molecule has 4 heterocycles. The molecule has 0 spiro atoms. The van der Waals surface area contributed by atoms with E-state index in [1.165, 1.54) is 60.3 Å². The van der Waals surface area contributed by atoms with Crippen LogP contribution >= 0.6 is 0 Å². The van der Waals surface area contributed by atoms with Crippen molar-refractivity contribution in [2.24, 2.45) is 0 Å². The molecule has 0 atom stereocenters. The molecule has 0 unspecified atom stereocenters. The lowest BCUT2D eigenvalue weighted by Crippen LogP contribution is -2.10. The van der Waals surface area contributed by atoms with Crippen molar-refractivity contribution in [1.29, 1.82) is 0 Å². The fourth-order valence-electron chi connectivity index (χ4n) is 12.1. The van der Waals surface area contributed by atoms with Crippen LogP contribution in [0.5, 0.6) is 0 Å². The van der Waals surface area contributed by atoms with E-state index in [9.17, 15) is 0 Å². The number of hydrogen-bond acceptors (Lipinski definition) is 3. The number of anilines is 3. The van der Waals surface area contributed by atoms with Gasteiger partial charge in [0.05, 0.1) is 33.4 Å². The molecule has 0 bridgehead atoms. The van der Waals surface area contributed by atoms with Gasteiger partial charge in [0.2, 0.25) is 0 Å². The molecule has 0 aliphatic heterocycles. The zero-order chi connectivity index (χ0) is 50.6. The van der Waals surface area contributed by atoms with Crippen molar-refractivity contribution in [2.45, 2.75) is 0 Å². The van der Waals surface area contributed by atoms with Gasteiger partial charge in [0.25, 0.3) is 0 Å². The third-order valence-electron chi connectivity index (χ3n) is 15.7. The standard InChI is InChI=1S/C72H45N3O2/c1-3-15-52(16-4-1)73-63-24-10-7-19-55(63)60-44-50(36-41-64(60)73)51-37-42-66-62(45-51)61-43-49(35-40-65(61)74(66)53-17-5-2-6-18-53)48-31-29-46(30-32-48)47-33-38-54(39-34-47)75(67-25-13-22-58-56-20-8-11-27-69(56)76-71(58)67)68-26-14-23-59-57-21-9-12-28-70(57)77-72(59)68/h1-45H. The van der Waals surface area contributed by atoms with Crippen LogP contribution in [0.1, 0.15) is 0 Å². The third kappa shape index (κ3) is 6.81. The Bertz CT molecular complexity index is 4850. The number of rotatable bonds is 8. The van der Waals surface area contributed by atoms with Gasteiger partial charge in [0, 0.05) is 60.2 Å². The van der Waals surface area contributed by atoms with Gasteiger partial charge in [-0.1, -0.05) is 170 Å². The van der Waals surface area contributed by atoms with E-state index in [0.717, 1.165) is 89.0 Å². The lowest BCUT2D eigenvalue weighted by atomic mass is 9.97. The third-order valence-corrected chi connectivity index (χ3v) is 15.7. The van der Waals surface area contributed by atoms with Crippen LogP contribution in [0.2, 0.25) is 0 Å². The van der Waals surface area contributed by atoms with Gasteiger partial charge >= 0.3 is 0 Å². The molecule has 4 aromatic heterocycles. The number of aromatic nitrogens is 2. The molecule has 360 valence electrons. The molecule has 0 aliphatic rings. The van der Waals surface area contributed by atoms with Gasteiger partial charge in [-0.2, -0.15) is 0 Å². The minimum atomic E-state index is 0.825. The zero-order valence-corrected chi connectivity index (χ0v) is 41.6. The molecule has 0 N–H and O–H groups in total. The van der Waals surface area contributed by atoms with Gasteiger partial charge in [-0.3, -0.25) is 0 Å². The van der Waals surface area contributed by atoms with Gasteiger partial charge in [-0.15, -0.1) is 0 Å². The molecular formula is C72H45N3O2. The molecule has 77 heavy (non-hydrogen) atoms. The average molecular weight is 984 g/mol. The van der Waals surface area contributed by atoms with Crippen molar-refractivity contribution in [1.82, 2.24) is 9.13 Å². The minimum absolute atomic E-state index is 0.825. The van der Waals surface area contributed by atoms with Crippen molar-refractivity contribution in [3.63, 3.8) is 0 Å². The van der Waals surface area contributed by atoms with Gasteiger partial charge in [-0.25, -0.2) is 0 Å². The van der Waals surface area contributed by atoms with Crippen molar-refractivity contribution in [3.05, 3.63) is 273 Å². The minimum Gasteiger partial charge on any atom is -0.454 e. The van der Waals surface area contributed by atoms with Crippen LogP contribution in [0.3, 0.4) is 0 Å². The molecule has 0 aliphatic carbocycles. The second-order valence-electron chi connectivity index (χ2n) is 20.0. The van der Waals surface area contributed by atoms with Crippen LogP contribution < -0.4 is 4.90 Å². The highest BCUT2D eigenvalue weighted by Crippen LogP contribution is 2.47. The largest absolute Gasteiger partial charge is 0.454 e. The van der Waals surface area contributed by atoms with E-state index >= 15 is 0 Å². The maximum absolute atomic E-state index is 6.67. The number of furan rings is 2. The van der Waals surface area contributed by atoms with Crippen molar-refractivity contribution >= 4 is 105 Å².